The zero-order valence-electron chi connectivity index (χ0n) is 19.1. The minimum atomic E-state index is -0.873. The molecule has 0 saturated carbocycles. The fraction of sp³-hybridized carbons (Fsp3) is 0.111. The number of rotatable bonds is 5. The summed E-state index contributed by atoms with van der Waals surface area (Å²) in [4.78, 5) is 17.5. The number of aromatic hydroxyl groups is 4. The number of nitrogens with zero attached hydrogens (tertiary/aromatic N) is 1. The van der Waals surface area contributed by atoms with Crippen molar-refractivity contribution in [3.05, 3.63) is 78.4 Å². The van der Waals surface area contributed by atoms with Crippen LogP contribution in [0.4, 0.5) is 17.1 Å². The summed E-state index contributed by atoms with van der Waals surface area (Å²) >= 11 is 0. The predicted octanol–water partition coefficient (Wildman–Crippen LogP) is 4.58. The average molecular weight is 485 g/mol. The van der Waals surface area contributed by atoms with Crippen molar-refractivity contribution < 1.29 is 30.0 Å². The highest BCUT2D eigenvalue weighted by Crippen LogP contribution is 2.38. The third-order valence-corrected chi connectivity index (χ3v) is 5.98. The summed E-state index contributed by atoms with van der Waals surface area (Å²) in [6.45, 7) is 1.70. The number of carbonyl (C=O) groups is 1. The van der Waals surface area contributed by atoms with Gasteiger partial charge in [0.15, 0.2) is 29.0 Å². The Morgan fingerprint density at radius 3 is 2.11 bits per heavy atom. The summed E-state index contributed by atoms with van der Waals surface area (Å²) < 4.78 is 5.71. The molecular formula is C27H23N3O6. The number of ether oxygens (including phenoxy) is 1. The second-order valence-electron chi connectivity index (χ2n) is 8.37. The maximum absolute atomic E-state index is 13.2. The summed E-state index contributed by atoms with van der Waals surface area (Å²) in [5, 5.41) is 47.4. The third-order valence-electron chi connectivity index (χ3n) is 5.98. The average Bonchev–Trinajstić information content (AvgIpc) is 3.25. The van der Waals surface area contributed by atoms with Crippen LogP contribution in [0.25, 0.3) is 10.8 Å². The number of benzene rings is 4. The van der Waals surface area contributed by atoms with Crippen LogP contribution in [0, 0.1) is 0 Å². The number of phenols is 4. The lowest BCUT2D eigenvalue weighted by molar-refractivity contribution is -0.118. The van der Waals surface area contributed by atoms with Crippen molar-refractivity contribution in [1.82, 2.24) is 0 Å². The van der Waals surface area contributed by atoms with Crippen LogP contribution in [0.5, 0.6) is 23.0 Å². The Hall–Kier alpha value is -4.92. The molecule has 182 valence electrons. The number of carbonyl (C=O) groups excluding carboxylic acids is 1. The molecule has 0 radical (unpaired) electrons. The van der Waals surface area contributed by atoms with Gasteiger partial charge in [-0.25, -0.2) is 4.99 Å². The Morgan fingerprint density at radius 2 is 1.36 bits per heavy atom. The van der Waals surface area contributed by atoms with Gasteiger partial charge in [-0.15, -0.1) is 0 Å². The van der Waals surface area contributed by atoms with Crippen molar-refractivity contribution in [2.24, 2.45) is 4.99 Å². The molecule has 1 aliphatic rings. The number of para-hydroxylation sites is 2. The summed E-state index contributed by atoms with van der Waals surface area (Å²) in [6.07, 6.45) is -0.595. The highest BCUT2D eigenvalue weighted by atomic mass is 16.5. The molecule has 1 amide bonds. The van der Waals surface area contributed by atoms with Gasteiger partial charge >= 0.3 is 0 Å². The topological polar surface area (TPSA) is 144 Å². The Labute approximate surface area is 205 Å². The van der Waals surface area contributed by atoms with Crippen molar-refractivity contribution in [2.75, 3.05) is 10.6 Å². The summed E-state index contributed by atoms with van der Waals surface area (Å²) in [5.41, 5.74) is 1.76. The maximum atomic E-state index is 13.2. The van der Waals surface area contributed by atoms with E-state index in [0.717, 1.165) is 10.8 Å². The number of hydrogen-bond acceptors (Lipinski definition) is 8. The van der Waals surface area contributed by atoms with Gasteiger partial charge in [-0.1, -0.05) is 36.4 Å². The van der Waals surface area contributed by atoms with Gasteiger partial charge in [0.1, 0.15) is 6.10 Å². The van der Waals surface area contributed by atoms with E-state index in [9.17, 15) is 25.2 Å². The first-order valence-corrected chi connectivity index (χ1v) is 11.2. The van der Waals surface area contributed by atoms with E-state index in [1.165, 1.54) is 12.1 Å². The molecular weight excluding hydrogens is 462 g/mol. The number of amides is 1. The monoisotopic (exact) mass is 485 g/mol. The smallest absolute Gasteiger partial charge is 0.253 e. The fourth-order valence-corrected chi connectivity index (χ4v) is 4.12. The molecule has 1 aliphatic heterocycles. The molecule has 9 heteroatoms. The van der Waals surface area contributed by atoms with Crippen molar-refractivity contribution in [2.45, 2.75) is 19.1 Å². The van der Waals surface area contributed by atoms with E-state index in [1.54, 1.807) is 43.3 Å². The van der Waals surface area contributed by atoms with E-state index < -0.39 is 18.1 Å². The van der Waals surface area contributed by atoms with Crippen LogP contribution in [0.3, 0.4) is 0 Å². The van der Waals surface area contributed by atoms with E-state index in [0.29, 0.717) is 17.1 Å². The molecule has 0 spiro atoms. The molecule has 0 bridgehead atoms. The standard InChI is InChI=1S/C27H23N3O6/c1-14-23(30-27(36-14)17-8-4-12-21(31)24(17)33)26(35)29-19-10-3-6-15-16(19)7-2-9-18(15)28-20-11-5-13-22(32)25(20)34/h2-14,23,28,31-34H,1H3,(H,29,35). The number of nitrogens with one attached hydrogen (secondary N) is 2. The normalized spacial score (nSPS) is 16.9. The molecule has 6 N–H and O–H groups in total. The molecule has 9 nitrogen and oxygen atoms in total. The van der Waals surface area contributed by atoms with Gasteiger partial charge in [0.2, 0.25) is 5.90 Å². The molecule has 0 aromatic heterocycles. The number of fused-ring (bicyclic) bond motifs is 1. The van der Waals surface area contributed by atoms with Crippen molar-refractivity contribution in [1.29, 1.82) is 0 Å². The van der Waals surface area contributed by atoms with E-state index in [4.69, 9.17) is 4.74 Å². The van der Waals surface area contributed by atoms with E-state index in [-0.39, 0.29) is 34.5 Å². The summed E-state index contributed by atoms with van der Waals surface area (Å²) in [5.74, 6) is -1.49. The van der Waals surface area contributed by atoms with Gasteiger partial charge in [0.25, 0.3) is 5.91 Å². The van der Waals surface area contributed by atoms with Gasteiger partial charge in [-0.3, -0.25) is 4.79 Å². The lowest BCUT2D eigenvalue weighted by Crippen LogP contribution is -2.33. The van der Waals surface area contributed by atoms with Gasteiger partial charge in [-0.05, 0) is 43.3 Å². The lowest BCUT2D eigenvalue weighted by atomic mass is 10.1. The Kier molecular flexibility index (Phi) is 5.73. The van der Waals surface area contributed by atoms with Gasteiger partial charge in [0.05, 0.1) is 11.3 Å². The van der Waals surface area contributed by atoms with Crippen LogP contribution in [-0.2, 0) is 9.53 Å². The molecule has 5 rings (SSSR count). The zero-order valence-corrected chi connectivity index (χ0v) is 19.1. The van der Waals surface area contributed by atoms with Gasteiger partial charge < -0.3 is 35.8 Å². The second-order valence-corrected chi connectivity index (χ2v) is 8.37. The number of anilines is 3. The quantitative estimate of drug-likeness (QED) is 0.227. The largest absolute Gasteiger partial charge is 0.504 e. The summed E-state index contributed by atoms with van der Waals surface area (Å²) in [7, 11) is 0. The fourth-order valence-electron chi connectivity index (χ4n) is 4.12. The molecule has 1 heterocycles. The summed E-state index contributed by atoms with van der Waals surface area (Å²) in [6, 6.07) is 19.1. The number of hydrogen-bond donors (Lipinski definition) is 6. The van der Waals surface area contributed by atoms with Crippen molar-refractivity contribution in [3.8, 4) is 23.0 Å². The molecule has 0 saturated heterocycles. The lowest BCUT2D eigenvalue weighted by Gasteiger charge is -2.16. The molecule has 4 aromatic rings. The molecule has 2 atom stereocenters. The number of phenolic OH excluding ortho intramolecular Hbond substituents is 4. The molecule has 0 fully saturated rings. The minimum Gasteiger partial charge on any atom is -0.504 e. The van der Waals surface area contributed by atoms with Crippen LogP contribution >= 0.6 is 0 Å². The van der Waals surface area contributed by atoms with Gasteiger partial charge in [-0.2, -0.15) is 0 Å². The Balaban J connectivity index is 1.43. The third kappa shape index (κ3) is 4.07. The van der Waals surface area contributed by atoms with Crippen LogP contribution < -0.4 is 10.6 Å². The predicted molar refractivity (Wildman–Crippen MR) is 136 cm³/mol. The van der Waals surface area contributed by atoms with Crippen LogP contribution in [-0.4, -0.2) is 44.4 Å². The zero-order chi connectivity index (χ0) is 25.4. The highest BCUT2D eigenvalue weighted by Gasteiger charge is 2.35. The molecule has 36 heavy (non-hydrogen) atoms. The highest BCUT2D eigenvalue weighted by molar-refractivity contribution is 6.09. The maximum Gasteiger partial charge on any atom is 0.253 e. The van der Waals surface area contributed by atoms with E-state index >= 15 is 0 Å². The number of aliphatic imine (C=N–C) groups is 1. The first-order chi connectivity index (χ1) is 17.3. The first kappa shape index (κ1) is 22.9. The first-order valence-electron chi connectivity index (χ1n) is 11.2. The van der Waals surface area contributed by atoms with Gasteiger partial charge in [0, 0.05) is 22.1 Å². The van der Waals surface area contributed by atoms with Crippen molar-refractivity contribution >= 4 is 39.6 Å². The Bertz CT molecular complexity index is 1520. The van der Waals surface area contributed by atoms with E-state index in [1.807, 2.05) is 24.3 Å². The molecule has 2 unspecified atom stereocenters. The second kappa shape index (κ2) is 9.03. The van der Waals surface area contributed by atoms with Crippen LogP contribution in [0.1, 0.15) is 12.5 Å². The molecule has 4 aromatic carbocycles. The van der Waals surface area contributed by atoms with E-state index in [2.05, 4.69) is 15.6 Å². The SMILES string of the molecule is CC1OC(c2cccc(O)c2O)=NC1C(=O)Nc1cccc2c(Nc3cccc(O)c3O)cccc12. The minimum absolute atomic E-state index is 0.0753. The van der Waals surface area contributed by atoms with Crippen LogP contribution in [0.2, 0.25) is 0 Å². The Morgan fingerprint density at radius 1 is 0.778 bits per heavy atom. The molecule has 0 aliphatic carbocycles. The van der Waals surface area contributed by atoms with Crippen LogP contribution in [0.15, 0.2) is 77.8 Å². The van der Waals surface area contributed by atoms with Crippen molar-refractivity contribution in [3.63, 3.8) is 0 Å².